The number of anilines is 1. The average Bonchev–Trinajstić information content (AvgIpc) is 2.66. The zero-order valence-electron chi connectivity index (χ0n) is 10.8. The van der Waals surface area contributed by atoms with E-state index < -0.39 is 0 Å². The summed E-state index contributed by atoms with van der Waals surface area (Å²) < 4.78 is 12.7. The van der Waals surface area contributed by atoms with Crippen molar-refractivity contribution < 1.29 is 9.47 Å². The van der Waals surface area contributed by atoms with E-state index in [2.05, 4.69) is 5.10 Å². The quantitative estimate of drug-likeness (QED) is 0.838. The standard InChI is InChI=1S/C13H17N3O2/c1-9-6-11(16(2)15-9)8-18-12-5-4-10(14)7-13(12)17-3/h4-7H,8,14H2,1-3H3. The molecule has 0 aliphatic heterocycles. The number of nitrogens with two attached hydrogens (primary N) is 1. The second-order valence-corrected chi connectivity index (χ2v) is 4.10. The second-order valence-electron chi connectivity index (χ2n) is 4.10. The van der Waals surface area contributed by atoms with Gasteiger partial charge in [0.15, 0.2) is 11.5 Å². The van der Waals surface area contributed by atoms with E-state index in [4.69, 9.17) is 15.2 Å². The predicted molar refractivity (Wildman–Crippen MR) is 69.7 cm³/mol. The molecule has 0 atom stereocenters. The van der Waals surface area contributed by atoms with Crippen LogP contribution in [0.1, 0.15) is 11.4 Å². The van der Waals surface area contributed by atoms with E-state index >= 15 is 0 Å². The Morgan fingerprint density at radius 3 is 2.67 bits per heavy atom. The molecule has 1 heterocycles. The Kier molecular flexibility index (Phi) is 3.41. The fraction of sp³-hybridized carbons (Fsp3) is 0.308. The van der Waals surface area contributed by atoms with Crippen LogP contribution in [-0.4, -0.2) is 16.9 Å². The summed E-state index contributed by atoms with van der Waals surface area (Å²) in [4.78, 5) is 0. The third kappa shape index (κ3) is 2.56. The van der Waals surface area contributed by atoms with Crippen molar-refractivity contribution >= 4 is 5.69 Å². The van der Waals surface area contributed by atoms with Crippen LogP contribution in [0.5, 0.6) is 11.5 Å². The SMILES string of the molecule is COc1cc(N)ccc1OCc1cc(C)nn1C. The number of benzene rings is 1. The molecule has 0 aliphatic carbocycles. The van der Waals surface area contributed by atoms with E-state index in [0.29, 0.717) is 23.8 Å². The molecule has 2 rings (SSSR count). The van der Waals surface area contributed by atoms with Gasteiger partial charge in [-0.05, 0) is 25.1 Å². The van der Waals surface area contributed by atoms with Gasteiger partial charge in [-0.15, -0.1) is 0 Å². The molecule has 0 radical (unpaired) electrons. The third-order valence-electron chi connectivity index (χ3n) is 2.66. The van der Waals surface area contributed by atoms with E-state index in [-0.39, 0.29) is 0 Å². The van der Waals surface area contributed by atoms with E-state index in [1.807, 2.05) is 20.0 Å². The summed E-state index contributed by atoms with van der Waals surface area (Å²) in [7, 11) is 3.49. The molecule has 0 spiro atoms. The molecule has 0 bridgehead atoms. The van der Waals surface area contributed by atoms with Gasteiger partial charge in [0.1, 0.15) is 6.61 Å². The van der Waals surface area contributed by atoms with Crippen LogP contribution in [-0.2, 0) is 13.7 Å². The molecule has 0 fully saturated rings. The monoisotopic (exact) mass is 247 g/mol. The summed E-state index contributed by atoms with van der Waals surface area (Å²) in [5.41, 5.74) is 8.32. The third-order valence-corrected chi connectivity index (χ3v) is 2.66. The Morgan fingerprint density at radius 1 is 1.28 bits per heavy atom. The number of aryl methyl sites for hydroxylation is 2. The molecule has 2 N–H and O–H groups in total. The first kappa shape index (κ1) is 12.3. The molecular weight excluding hydrogens is 230 g/mol. The van der Waals surface area contributed by atoms with Gasteiger partial charge in [0.25, 0.3) is 0 Å². The van der Waals surface area contributed by atoms with Gasteiger partial charge in [-0.25, -0.2) is 0 Å². The molecule has 0 amide bonds. The van der Waals surface area contributed by atoms with Gasteiger partial charge < -0.3 is 15.2 Å². The number of hydrogen-bond donors (Lipinski definition) is 1. The fourth-order valence-electron chi connectivity index (χ4n) is 1.75. The second kappa shape index (κ2) is 5.00. The maximum Gasteiger partial charge on any atom is 0.162 e. The minimum absolute atomic E-state index is 0.442. The lowest BCUT2D eigenvalue weighted by molar-refractivity contribution is 0.276. The highest BCUT2D eigenvalue weighted by molar-refractivity contribution is 5.51. The zero-order chi connectivity index (χ0) is 13.1. The minimum atomic E-state index is 0.442. The van der Waals surface area contributed by atoms with Crippen molar-refractivity contribution in [2.24, 2.45) is 7.05 Å². The number of nitrogen functional groups attached to an aromatic ring is 1. The minimum Gasteiger partial charge on any atom is -0.493 e. The van der Waals surface area contributed by atoms with Crippen LogP contribution in [0.15, 0.2) is 24.3 Å². The summed E-state index contributed by atoms with van der Waals surface area (Å²) in [5.74, 6) is 1.31. The number of methoxy groups -OCH3 is 1. The van der Waals surface area contributed by atoms with Gasteiger partial charge in [0.05, 0.1) is 18.5 Å². The van der Waals surface area contributed by atoms with Crippen molar-refractivity contribution in [1.29, 1.82) is 0 Å². The van der Waals surface area contributed by atoms with Gasteiger partial charge in [-0.2, -0.15) is 5.10 Å². The van der Waals surface area contributed by atoms with Crippen LogP contribution in [0.3, 0.4) is 0 Å². The first-order valence-electron chi connectivity index (χ1n) is 5.66. The van der Waals surface area contributed by atoms with Gasteiger partial charge in [-0.3, -0.25) is 4.68 Å². The Labute approximate surface area is 106 Å². The van der Waals surface area contributed by atoms with E-state index in [1.165, 1.54) is 0 Å². The van der Waals surface area contributed by atoms with Crippen LogP contribution < -0.4 is 15.2 Å². The lowest BCUT2D eigenvalue weighted by atomic mass is 10.3. The van der Waals surface area contributed by atoms with E-state index in [9.17, 15) is 0 Å². The van der Waals surface area contributed by atoms with Crippen molar-refractivity contribution in [3.8, 4) is 11.5 Å². The molecule has 96 valence electrons. The van der Waals surface area contributed by atoms with Crippen LogP contribution in [0.25, 0.3) is 0 Å². The van der Waals surface area contributed by atoms with Crippen molar-refractivity contribution in [3.63, 3.8) is 0 Å². The highest BCUT2D eigenvalue weighted by Crippen LogP contribution is 2.29. The van der Waals surface area contributed by atoms with Crippen molar-refractivity contribution in [2.75, 3.05) is 12.8 Å². The first-order valence-corrected chi connectivity index (χ1v) is 5.66. The van der Waals surface area contributed by atoms with Crippen LogP contribution in [0.2, 0.25) is 0 Å². The lowest BCUT2D eigenvalue weighted by Crippen LogP contribution is -2.04. The van der Waals surface area contributed by atoms with E-state index in [1.54, 1.807) is 30.0 Å². The summed E-state index contributed by atoms with van der Waals surface area (Å²) in [6.07, 6.45) is 0. The molecular formula is C13H17N3O2. The Balaban J connectivity index is 2.13. The Hall–Kier alpha value is -2.17. The van der Waals surface area contributed by atoms with Gasteiger partial charge in [0, 0.05) is 18.8 Å². The van der Waals surface area contributed by atoms with Crippen LogP contribution >= 0.6 is 0 Å². The molecule has 0 aliphatic rings. The Morgan fingerprint density at radius 2 is 2.06 bits per heavy atom. The smallest absolute Gasteiger partial charge is 0.162 e. The maximum atomic E-state index is 5.72. The highest BCUT2D eigenvalue weighted by atomic mass is 16.5. The molecule has 1 aromatic carbocycles. The highest BCUT2D eigenvalue weighted by Gasteiger charge is 2.07. The largest absolute Gasteiger partial charge is 0.493 e. The van der Waals surface area contributed by atoms with E-state index in [0.717, 1.165) is 11.4 Å². The first-order chi connectivity index (χ1) is 8.60. The number of ether oxygens (including phenoxy) is 2. The number of hydrogen-bond acceptors (Lipinski definition) is 4. The molecule has 5 nitrogen and oxygen atoms in total. The molecule has 2 aromatic rings. The van der Waals surface area contributed by atoms with Crippen molar-refractivity contribution in [3.05, 3.63) is 35.7 Å². The summed E-state index contributed by atoms with van der Waals surface area (Å²) >= 11 is 0. The lowest BCUT2D eigenvalue weighted by Gasteiger charge is -2.11. The topological polar surface area (TPSA) is 62.3 Å². The Bertz CT molecular complexity index is 549. The number of nitrogens with zero attached hydrogens (tertiary/aromatic N) is 2. The summed E-state index contributed by atoms with van der Waals surface area (Å²) in [6.45, 7) is 2.39. The summed E-state index contributed by atoms with van der Waals surface area (Å²) in [5, 5.41) is 4.27. The van der Waals surface area contributed by atoms with Crippen LogP contribution in [0, 0.1) is 6.92 Å². The van der Waals surface area contributed by atoms with Crippen LogP contribution in [0.4, 0.5) is 5.69 Å². The number of aromatic nitrogens is 2. The van der Waals surface area contributed by atoms with Gasteiger partial charge >= 0.3 is 0 Å². The molecule has 0 unspecified atom stereocenters. The normalized spacial score (nSPS) is 10.4. The molecule has 0 saturated heterocycles. The van der Waals surface area contributed by atoms with Crippen molar-refractivity contribution in [2.45, 2.75) is 13.5 Å². The van der Waals surface area contributed by atoms with Gasteiger partial charge in [-0.1, -0.05) is 0 Å². The molecule has 1 aromatic heterocycles. The van der Waals surface area contributed by atoms with Crippen molar-refractivity contribution in [1.82, 2.24) is 9.78 Å². The molecule has 18 heavy (non-hydrogen) atoms. The summed E-state index contributed by atoms with van der Waals surface area (Å²) in [6, 6.07) is 7.32. The fourth-order valence-corrected chi connectivity index (χ4v) is 1.75. The molecule has 0 saturated carbocycles. The predicted octanol–water partition coefficient (Wildman–Crippen LogP) is 1.90. The number of rotatable bonds is 4. The van der Waals surface area contributed by atoms with Gasteiger partial charge in [0.2, 0.25) is 0 Å². The maximum absolute atomic E-state index is 5.72. The zero-order valence-corrected chi connectivity index (χ0v) is 10.8. The average molecular weight is 247 g/mol. The molecule has 5 heteroatoms.